The molecule has 2 aliphatic heterocycles. The molecular formula is C29H32FN3O3. The number of carbonyl (C=O) groups excluding carboxylic acids is 1. The molecule has 3 aromatic carbocycles. The Morgan fingerprint density at radius 3 is 2.47 bits per heavy atom. The van der Waals surface area contributed by atoms with Crippen LogP contribution in [0.2, 0.25) is 0 Å². The maximum atomic E-state index is 13.7. The largest absolute Gasteiger partial charge is 0.497 e. The second-order valence-corrected chi connectivity index (χ2v) is 9.53. The Labute approximate surface area is 211 Å². The number of rotatable bonds is 5. The van der Waals surface area contributed by atoms with Gasteiger partial charge >= 0.3 is 6.03 Å². The summed E-state index contributed by atoms with van der Waals surface area (Å²) in [4.78, 5) is 17.4. The maximum absolute atomic E-state index is 13.7. The molecule has 3 aromatic rings. The molecule has 2 heterocycles. The summed E-state index contributed by atoms with van der Waals surface area (Å²) in [5, 5.41) is 13.2. The normalized spacial score (nSPS) is 22.1. The van der Waals surface area contributed by atoms with Crippen LogP contribution in [0.3, 0.4) is 0 Å². The van der Waals surface area contributed by atoms with E-state index >= 15 is 0 Å². The van der Waals surface area contributed by atoms with Gasteiger partial charge in [-0.15, -0.1) is 0 Å². The molecule has 3 atom stereocenters. The number of aliphatic hydroxyl groups is 1. The summed E-state index contributed by atoms with van der Waals surface area (Å²) in [6.07, 6.45) is 1.90. The minimum atomic E-state index is -0.255. The van der Waals surface area contributed by atoms with Crippen LogP contribution < -0.4 is 10.1 Å². The molecule has 0 spiro atoms. The zero-order chi connectivity index (χ0) is 25.1. The number of ether oxygens (including phenoxy) is 1. The van der Waals surface area contributed by atoms with E-state index in [0.717, 1.165) is 47.5 Å². The second-order valence-electron chi connectivity index (χ2n) is 9.53. The van der Waals surface area contributed by atoms with E-state index in [-0.39, 0.29) is 36.5 Å². The molecule has 0 aromatic heterocycles. The summed E-state index contributed by atoms with van der Waals surface area (Å²) < 4.78 is 18.9. The molecule has 0 radical (unpaired) electrons. The molecule has 3 unspecified atom stereocenters. The fourth-order valence-corrected chi connectivity index (χ4v) is 5.57. The fraction of sp³-hybridized carbons (Fsp3) is 0.345. The number of nitrogens with zero attached hydrogens (tertiary/aromatic N) is 2. The van der Waals surface area contributed by atoms with Crippen molar-refractivity contribution in [1.82, 2.24) is 9.80 Å². The zero-order valence-electron chi connectivity index (χ0n) is 20.4. The minimum absolute atomic E-state index is 0.0274. The lowest BCUT2D eigenvalue weighted by Gasteiger charge is -2.57. The second kappa shape index (κ2) is 10.7. The van der Waals surface area contributed by atoms with Crippen molar-refractivity contribution < 1.29 is 19.0 Å². The van der Waals surface area contributed by atoms with Gasteiger partial charge in [-0.3, -0.25) is 4.90 Å². The lowest BCUT2D eigenvalue weighted by molar-refractivity contribution is -0.0585. The van der Waals surface area contributed by atoms with Crippen LogP contribution >= 0.6 is 0 Å². The summed E-state index contributed by atoms with van der Waals surface area (Å²) in [7, 11) is 1.61. The predicted molar refractivity (Wildman–Crippen MR) is 139 cm³/mol. The number of hydrogen-bond donors (Lipinski definition) is 2. The fourth-order valence-electron chi connectivity index (χ4n) is 5.57. The predicted octanol–water partition coefficient (Wildman–Crippen LogP) is 4.96. The topological polar surface area (TPSA) is 65.0 Å². The Kier molecular flexibility index (Phi) is 7.20. The van der Waals surface area contributed by atoms with E-state index in [1.165, 1.54) is 12.1 Å². The third-order valence-corrected chi connectivity index (χ3v) is 7.45. The van der Waals surface area contributed by atoms with Gasteiger partial charge in [0.1, 0.15) is 11.6 Å². The number of anilines is 1. The van der Waals surface area contributed by atoms with Gasteiger partial charge in [-0.25, -0.2) is 9.18 Å². The Balaban J connectivity index is 1.33. The number of fused-ring (bicyclic) bond motifs is 1. The average molecular weight is 490 g/mol. The first-order valence-electron chi connectivity index (χ1n) is 12.5. The molecule has 6 nitrogen and oxygen atoms in total. The standard InChI is InChI=1S/C29H32FN3O3/c1-36-25-13-11-24(12-14-25)31-29(35)32-15-2-3-16-33-26(18-32)28(27(33)19-34)21-9-7-20(8-10-21)22-5-4-6-23(30)17-22/h4-14,17,26-28,34H,2-3,15-16,18-19H2,1H3,(H,31,35). The highest BCUT2D eigenvalue weighted by Gasteiger charge is 2.49. The van der Waals surface area contributed by atoms with Crippen molar-refractivity contribution in [2.75, 3.05) is 38.7 Å². The summed E-state index contributed by atoms with van der Waals surface area (Å²) in [5.41, 5.74) is 3.65. The first-order chi connectivity index (χ1) is 17.6. The van der Waals surface area contributed by atoms with Gasteiger partial charge in [0.25, 0.3) is 0 Å². The number of benzene rings is 3. The maximum Gasteiger partial charge on any atom is 0.321 e. The van der Waals surface area contributed by atoms with Gasteiger partial charge < -0.3 is 20.1 Å². The van der Waals surface area contributed by atoms with E-state index in [1.807, 2.05) is 47.4 Å². The van der Waals surface area contributed by atoms with Gasteiger partial charge in [-0.2, -0.15) is 0 Å². The van der Waals surface area contributed by atoms with Crippen molar-refractivity contribution in [3.63, 3.8) is 0 Å². The quantitative estimate of drug-likeness (QED) is 0.532. The van der Waals surface area contributed by atoms with Gasteiger partial charge in [0, 0.05) is 36.8 Å². The Morgan fingerprint density at radius 2 is 1.78 bits per heavy atom. The van der Waals surface area contributed by atoms with Crippen molar-refractivity contribution in [1.29, 1.82) is 0 Å². The number of amides is 2. The molecule has 2 N–H and O–H groups in total. The molecule has 2 saturated heterocycles. The first kappa shape index (κ1) is 24.3. The summed E-state index contributed by atoms with van der Waals surface area (Å²) in [6, 6.07) is 22.1. The van der Waals surface area contributed by atoms with Crippen LogP contribution in [0, 0.1) is 5.82 Å². The highest BCUT2D eigenvalue weighted by Crippen LogP contribution is 2.42. The van der Waals surface area contributed by atoms with Crippen molar-refractivity contribution in [2.45, 2.75) is 30.8 Å². The van der Waals surface area contributed by atoms with E-state index in [9.17, 15) is 14.3 Å². The van der Waals surface area contributed by atoms with Crippen molar-refractivity contribution >= 4 is 11.7 Å². The van der Waals surface area contributed by atoms with Crippen molar-refractivity contribution in [3.8, 4) is 16.9 Å². The number of nitrogens with one attached hydrogen (secondary N) is 1. The van der Waals surface area contributed by atoms with Crippen LogP contribution in [0.25, 0.3) is 11.1 Å². The Morgan fingerprint density at radius 1 is 1.03 bits per heavy atom. The van der Waals surface area contributed by atoms with Crippen LogP contribution in [0.5, 0.6) is 5.75 Å². The monoisotopic (exact) mass is 489 g/mol. The molecular weight excluding hydrogens is 457 g/mol. The molecule has 5 rings (SSSR count). The van der Waals surface area contributed by atoms with Crippen LogP contribution in [0.15, 0.2) is 72.8 Å². The molecule has 0 aliphatic carbocycles. The molecule has 0 saturated carbocycles. The number of urea groups is 1. The highest BCUT2D eigenvalue weighted by molar-refractivity contribution is 5.89. The lowest BCUT2D eigenvalue weighted by atomic mass is 9.74. The lowest BCUT2D eigenvalue weighted by Crippen LogP contribution is -2.68. The number of carbonyl (C=O) groups is 1. The average Bonchev–Trinajstić information content (AvgIpc) is 2.88. The van der Waals surface area contributed by atoms with Gasteiger partial charge in [-0.05, 0) is 72.5 Å². The van der Waals surface area contributed by atoms with Crippen molar-refractivity contribution in [3.05, 3.63) is 84.2 Å². The first-order valence-corrected chi connectivity index (χ1v) is 12.5. The number of hydrogen-bond acceptors (Lipinski definition) is 4. The molecule has 2 aliphatic rings. The number of halogens is 1. The minimum Gasteiger partial charge on any atom is -0.497 e. The van der Waals surface area contributed by atoms with Gasteiger partial charge in [-0.1, -0.05) is 36.4 Å². The zero-order valence-corrected chi connectivity index (χ0v) is 20.4. The molecule has 0 bridgehead atoms. The Bertz CT molecular complexity index is 1190. The van der Waals surface area contributed by atoms with Crippen LogP contribution in [-0.2, 0) is 0 Å². The van der Waals surface area contributed by atoms with E-state index in [4.69, 9.17) is 4.74 Å². The van der Waals surface area contributed by atoms with Crippen LogP contribution in [0.1, 0.15) is 24.3 Å². The van der Waals surface area contributed by atoms with Gasteiger partial charge in [0.05, 0.1) is 13.7 Å². The van der Waals surface area contributed by atoms with Crippen molar-refractivity contribution in [2.24, 2.45) is 0 Å². The summed E-state index contributed by atoms with van der Waals surface area (Å²) in [6.45, 7) is 2.28. The van der Waals surface area contributed by atoms with E-state index < -0.39 is 0 Å². The molecule has 2 fully saturated rings. The smallest absolute Gasteiger partial charge is 0.321 e. The highest BCUT2D eigenvalue weighted by atomic mass is 19.1. The third kappa shape index (κ3) is 4.94. The van der Waals surface area contributed by atoms with Crippen LogP contribution in [0.4, 0.5) is 14.9 Å². The SMILES string of the molecule is COc1ccc(NC(=O)N2CCCCN3C(CO)C(c4ccc(-c5cccc(F)c5)cc4)C3C2)cc1. The summed E-state index contributed by atoms with van der Waals surface area (Å²) >= 11 is 0. The van der Waals surface area contributed by atoms with E-state index in [1.54, 1.807) is 13.2 Å². The summed E-state index contributed by atoms with van der Waals surface area (Å²) in [5.74, 6) is 0.603. The molecule has 2 amide bonds. The molecule has 36 heavy (non-hydrogen) atoms. The van der Waals surface area contributed by atoms with E-state index in [0.29, 0.717) is 13.1 Å². The third-order valence-electron chi connectivity index (χ3n) is 7.45. The number of methoxy groups -OCH3 is 1. The van der Waals surface area contributed by atoms with Crippen LogP contribution in [-0.4, -0.2) is 66.4 Å². The number of aliphatic hydroxyl groups excluding tert-OH is 1. The Hall–Kier alpha value is -3.42. The van der Waals surface area contributed by atoms with E-state index in [2.05, 4.69) is 22.3 Å². The van der Waals surface area contributed by atoms with Gasteiger partial charge in [0.2, 0.25) is 0 Å². The molecule has 7 heteroatoms. The van der Waals surface area contributed by atoms with Gasteiger partial charge in [0.15, 0.2) is 0 Å². The molecule has 188 valence electrons.